The Labute approximate surface area is 67.5 Å². The molecule has 0 saturated carbocycles. The van der Waals surface area contributed by atoms with Gasteiger partial charge in [-0.15, -0.1) is 0 Å². The maximum absolute atomic E-state index is 5.54. The number of rotatable bonds is 1. The van der Waals surface area contributed by atoms with Gasteiger partial charge in [0.15, 0.2) is 0 Å². The molecule has 0 atom stereocenters. The summed E-state index contributed by atoms with van der Waals surface area (Å²) in [5.74, 6) is 0. The van der Waals surface area contributed by atoms with Crippen LogP contribution in [0.3, 0.4) is 0 Å². The van der Waals surface area contributed by atoms with E-state index in [-0.39, 0.29) is 0 Å². The van der Waals surface area contributed by atoms with Crippen LogP contribution in [0.5, 0.6) is 0 Å². The number of hydrogen-bond donors (Lipinski definition) is 1. The molecule has 0 unspecified atom stereocenters. The molecule has 0 aromatic heterocycles. The summed E-state index contributed by atoms with van der Waals surface area (Å²) in [6.07, 6.45) is 2.12. The van der Waals surface area contributed by atoms with Crippen molar-refractivity contribution < 1.29 is 0 Å². The maximum Gasteiger partial charge on any atom is 0.0314 e. The van der Waals surface area contributed by atoms with Gasteiger partial charge in [0.25, 0.3) is 0 Å². The second-order valence-corrected chi connectivity index (χ2v) is 2.89. The summed E-state index contributed by atoms with van der Waals surface area (Å²) in [5.41, 5.74) is 8.86. The lowest BCUT2D eigenvalue weighted by molar-refractivity contribution is 1.42. The largest absolute Gasteiger partial charge is 0.399 e. The molecule has 0 aliphatic heterocycles. The molecule has 0 radical (unpaired) electrons. The van der Waals surface area contributed by atoms with E-state index >= 15 is 0 Å². The Morgan fingerprint density at radius 3 is 2.18 bits per heavy atom. The molecule has 58 valence electrons. The fourth-order valence-corrected chi connectivity index (χ4v) is 0.926. The standard InChI is InChI=1S/C10H13N/c1-8(2)7-9-3-5-10(11)6-4-9/h3-7H,11H2,1-2H3. The molecule has 0 saturated heterocycles. The van der Waals surface area contributed by atoms with Gasteiger partial charge < -0.3 is 5.73 Å². The highest BCUT2D eigenvalue weighted by Gasteiger charge is 1.86. The zero-order valence-electron chi connectivity index (χ0n) is 6.96. The van der Waals surface area contributed by atoms with Gasteiger partial charge in [-0.05, 0) is 31.5 Å². The smallest absolute Gasteiger partial charge is 0.0314 e. The van der Waals surface area contributed by atoms with Gasteiger partial charge in [0.05, 0.1) is 0 Å². The quantitative estimate of drug-likeness (QED) is 0.607. The monoisotopic (exact) mass is 147 g/mol. The molecule has 0 fully saturated rings. The summed E-state index contributed by atoms with van der Waals surface area (Å²) in [7, 11) is 0. The summed E-state index contributed by atoms with van der Waals surface area (Å²) < 4.78 is 0. The summed E-state index contributed by atoms with van der Waals surface area (Å²) in [6.45, 7) is 4.16. The predicted octanol–water partition coefficient (Wildman–Crippen LogP) is 2.69. The number of benzene rings is 1. The third-order valence-corrected chi connectivity index (χ3v) is 1.39. The zero-order chi connectivity index (χ0) is 8.27. The van der Waals surface area contributed by atoms with Gasteiger partial charge in [-0.1, -0.05) is 23.8 Å². The van der Waals surface area contributed by atoms with Crippen LogP contribution in [0.4, 0.5) is 5.69 Å². The first kappa shape index (κ1) is 7.86. The first-order valence-electron chi connectivity index (χ1n) is 3.69. The highest BCUT2D eigenvalue weighted by Crippen LogP contribution is 2.08. The zero-order valence-corrected chi connectivity index (χ0v) is 6.96. The van der Waals surface area contributed by atoms with Gasteiger partial charge in [0, 0.05) is 5.69 Å². The van der Waals surface area contributed by atoms with Crippen molar-refractivity contribution in [2.24, 2.45) is 0 Å². The molecule has 0 amide bonds. The van der Waals surface area contributed by atoms with Crippen LogP contribution in [0.1, 0.15) is 19.4 Å². The number of hydrogen-bond acceptors (Lipinski definition) is 1. The summed E-state index contributed by atoms with van der Waals surface area (Å²) in [4.78, 5) is 0. The van der Waals surface area contributed by atoms with E-state index in [9.17, 15) is 0 Å². The lowest BCUT2D eigenvalue weighted by atomic mass is 10.1. The van der Waals surface area contributed by atoms with Gasteiger partial charge in [-0.2, -0.15) is 0 Å². The van der Waals surface area contributed by atoms with Crippen molar-refractivity contribution in [2.75, 3.05) is 5.73 Å². The van der Waals surface area contributed by atoms with E-state index in [0.717, 1.165) is 5.69 Å². The van der Waals surface area contributed by atoms with Gasteiger partial charge in [0.2, 0.25) is 0 Å². The second-order valence-electron chi connectivity index (χ2n) is 2.89. The molecule has 1 nitrogen and oxygen atoms in total. The predicted molar refractivity (Wildman–Crippen MR) is 50.2 cm³/mol. The Kier molecular flexibility index (Phi) is 2.32. The molecule has 0 aliphatic carbocycles. The number of allylic oxidation sites excluding steroid dienone is 1. The van der Waals surface area contributed by atoms with Crippen LogP contribution in [0, 0.1) is 0 Å². The lowest BCUT2D eigenvalue weighted by Gasteiger charge is -1.95. The molecular weight excluding hydrogens is 134 g/mol. The van der Waals surface area contributed by atoms with Crippen molar-refractivity contribution in [3.8, 4) is 0 Å². The van der Waals surface area contributed by atoms with Crippen LogP contribution in [-0.2, 0) is 0 Å². The number of anilines is 1. The Hall–Kier alpha value is -1.24. The lowest BCUT2D eigenvalue weighted by Crippen LogP contribution is -1.82. The molecule has 1 rings (SSSR count). The third kappa shape index (κ3) is 2.46. The maximum atomic E-state index is 5.54. The van der Waals surface area contributed by atoms with E-state index in [2.05, 4.69) is 19.9 Å². The fraction of sp³-hybridized carbons (Fsp3) is 0.200. The van der Waals surface area contributed by atoms with Crippen LogP contribution in [0.15, 0.2) is 29.8 Å². The molecular formula is C10H13N. The van der Waals surface area contributed by atoms with Crippen LogP contribution < -0.4 is 5.73 Å². The van der Waals surface area contributed by atoms with Crippen LogP contribution in [0.25, 0.3) is 6.08 Å². The van der Waals surface area contributed by atoms with E-state index in [1.54, 1.807) is 0 Å². The minimum Gasteiger partial charge on any atom is -0.399 e. The highest BCUT2D eigenvalue weighted by atomic mass is 14.5. The average Bonchev–Trinajstić information content (AvgIpc) is 1.93. The van der Waals surface area contributed by atoms with E-state index in [1.165, 1.54) is 11.1 Å². The van der Waals surface area contributed by atoms with Crippen LogP contribution in [-0.4, -0.2) is 0 Å². The summed E-state index contributed by atoms with van der Waals surface area (Å²) >= 11 is 0. The van der Waals surface area contributed by atoms with Gasteiger partial charge in [0.1, 0.15) is 0 Å². The summed E-state index contributed by atoms with van der Waals surface area (Å²) in [5, 5.41) is 0. The van der Waals surface area contributed by atoms with Crippen molar-refractivity contribution in [3.05, 3.63) is 35.4 Å². The van der Waals surface area contributed by atoms with Gasteiger partial charge in [-0.3, -0.25) is 0 Å². The molecule has 0 heterocycles. The Balaban J connectivity index is 2.91. The second kappa shape index (κ2) is 3.24. The number of nitrogen functional groups attached to an aromatic ring is 1. The Morgan fingerprint density at radius 2 is 1.73 bits per heavy atom. The molecule has 0 bridgehead atoms. The summed E-state index contributed by atoms with van der Waals surface area (Å²) in [6, 6.07) is 7.86. The van der Waals surface area contributed by atoms with E-state index in [0.29, 0.717) is 0 Å². The Morgan fingerprint density at radius 1 is 1.18 bits per heavy atom. The Bertz CT molecular complexity index is 253. The molecule has 1 heteroatoms. The molecule has 11 heavy (non-hydrogen) atoms. The van der Waals surface area contributed by atoms with Gasteiger partial charge >= 0.3 is 0 Å². The van der Waals surface area contributed by atoms with Gasteiger partial charge in [-0.25, -0.2) is 0 Å². The minimum atomic E-state index is 0.816. The first-order valence-corrected chi connectivity index (χ1v) is 3.69. The molecule has 1 aromatic rings. The minimum absolute atomic E-state index is 0.816. The van der Waals surface area contributed by atoms with E-state index < -0.39 is 0 Å². The average molecular weight is 147 g/mol. The first-order chi connectivity index (χ1) is 5.18. The number of nitrogens with two attached hydrogens (primary N) is 1. The van der Waals surface area contributed by atoms with E-state index in [4.69, 9.17) is 5.73 Å². The molecule has 1 aromatic carbocycles. The molecule has 2 N–H and O–H groups in total. The normalized spacial score (nSPS) is 9.27. The van der Waals surface area contributed by atoms with Crippen LogP contribution >= 0.6 is 0 Å². The third-order valence-electron chi connectivity index (χ3n) is 1.39. The fourth-order valence-electron chi connectivity index (χ4n) is 0.926. The topological polar surface area (TPSA) is 26.0 Å². The van der Waals surface area contributed by atoms with Crippen molar-refractivity contribution in [1.29, 1.82) is 0 Å². The van der Waals surface area contributed by atoms with Crippen molar-refractivity contribution in [1.82, 2.24) is 0 Å². The molecule has 0 aliphatic rings. The van der Waals surface area contributed by atoms with Crippen molar-refractivity contribution in [3.63, 3.8) is 0 Å². The van der Waals surface area contributed by atoms with Crippen LogP contribution in [0.2, 0.25) is 0 Å². The van der Waals surface area contributed by atoms with Crippen molar-refractivity contribution in [2.45, 2.75) is 13.8 Å². The van der Waals surface area contributed by atoms with E-state index in [1.807, 2.05) is 24.3 Å². The molecule has 0 spiro atoms. The van der Waals surface area contributed by atoms with Crippen molar-refractivity contribution >= 4 is 11.8 Å². The highest BCUT2D eigenvalue weighted by molar-refractivity contribution is 5.55. The SMILES string of the molecule is CC(C)=Cc1ccc(N)cc1.